The average molecular weight is 307 g/mol. The molecular formula is C16H25N3O3. The van der Waals surface area contributed by atoms with E-state index in [4.69, 9.17) is 15.2 Å². The molecule has 1 aliphatic rings. The van der Waals surface area contributed by atoms with Gasteiger partial charge >= 0.3 is 0 Å². The number of amides is 1. The molecule has 0 aliphatic carbocycles. The molecule has 1 fully saturated rings. The number of nitrogen functional groups attached to an aromatic ring is 1. The summed E-state index contributed by atoms with van der Waals surface area (Å²) in [4.78, 5) is 11.9. The Bertz CT molecular complexity index is 488. The van der Waals surface area contributed by atoms with Gasteiger partial charge in [-0.15, -0.1) is 0 Å². The summed E-state index contributed by atoms with van der Waals surface area (Å²) in [6.07, 6.45) is 3.13. The summed E-state index contributed by atoms with van der Waals surface area (Å²) in [6.45, 7) is 2.41. The maximum Gasteiger partial charge on any atom is 0.220 e. The minimum absolute atomic E-state index is 0.0926. The van der Waals surface area contributed by atoms with Crippen molar-refractivity contribution in [1.29, 1.82) is 0 Å². The standard InChI is InChI=1S/C16H25N3O3/c1-21-14-5-4-12(17)11-15(14)22-10-2-3-16(20)19-13-6-8-18-9-7-13/h4-5,11,13,18H,2-3,6-10,17H2,1H3,(H,19,20). The van der Waals surface area contributed by atoms with Crippen LogP contribution in [0.15, 0.2) is 18.2 Å². The second kappa shape index (κ2) is 8.48. The van der Waals surface area contributed by atoms with Gasteiger partial charge in [-0.05, 0) is 44.5 Å². The highest BCUT2D eigenvalue weighted by molar-refractivity contribution is 5.76. The number of carbonyl (C=O) groups is 1. The van der Waals surface area contributed by atoms with Crippen LogP contribution in [0.25, 0.3) is 0 Å². The highest BCUT2D eigenvalue weighted by atomic mass is 16.5. The molecule has 1 saturated heterocycles. The van der Waals surface area contributed by atoms with Crippen LogP contribution in [0.2, 0.25) is 0 Å². The molecule has 0 saturated carbocycles. The van der Waals surface area contributed by atoms with E-state index in [0.29, 0.717) is 42.7 Å². The van der Waals surface area contributed by atoms with E-state index in [0.717, 1.165) is 25.9 Å². The third-order valence-electron chi connectivity index (χ3n) is 3.70. The van der Waals surface area contributed by atoms with Gasteiger partial charge in [0.1, 0.15) is 0 Å². The van der Waals surface area contributed by atoms with Gasteiger partial charge in [-0.25, -0.2) is 0 Å². The van der Waals surface area contributed by atoms with E-state index in [2.05, 4.69) is 10.6 Å². The summed E-state index contributed by atoms with van der Waals surface area (Å²) in [5.41, 5.74) is 6.36. The Morgan fingerprint density at radius 1 is 1.36 bits per heavy atom. The van der Waals surface area contributed by atoms with Gasteiger partial charge in [-0.3, -0.25) is 4.79 Å². The number of methoxy groups -OCH3 is 1. The normalized spacial score (nSPS) is 15.3. The van der Waals surface area contributed by atoms with Crippen molar-refractivity contribution in [2.75, 3.05) is 32.5 Å². The number of carbonyl (C=O) groups excluding carboxylic acids is 1. The van der Waals surface area contributed by atoms with Gasteiger partial charge in [0.25, 0.3) is 0 Å². The SMILES string of the molecule is COc1ccc(N)cc1OCCCC(=O)NC1CCNCC1. The van der Waals surface area contributed by atoms with Gasteiger partial charge in [0.05, 0.1) is 13.7 Å². The molecule has 1 aromatic carbocycles. The summed E-state index contributed by atoms with van der Waals surface area (Å²) in [5.74, 6) is 1.35. The summed E-state index contributed by atoms with van der Waals surface area (Å²) in [7, 11) is 1.59. The molecule has 1 aromatic rings. The molecule has 2 rings (SSSR count). The first-order chi connectivity index (χ1) is 10.7. The van der Waals surface area contributed by atoms with Crippen molar-refractivity contribution in [3.63, 3.8) is 0 Å². The molecule has 0 aromatic heterocycles. The number of nitrogens with two attached hydrogens (primary N) is 1. The van der Waals surface area contributed by atoms with E-state index >= 15 is 0 Å². The third kappa shape index (κ3) is 5.11. The van der Waals surface area contributed by atoms with Crippen molar-refractivity contribution in [2.24, 2.45) is 0 Å². The van der Waals surface area contributed by atoms with Gasteiger partial charge in [-0.2, -0.15) is 0 Å². The Kier molecular flexibility index (Phi) is 6.33. The molecule has 6 nitrogen and oxygen atoms in total. The molecule has 0 unspecified atom stereocenters. The highest BCUT2D eigenvalue weighted by Gasteiger charge is 2.15. The topological polar surface area (TPSA) is 85.6 Å². The number of nitrogens with one attached hydrogen (secondary N) is 2. The van der Waals surface area contributed by atoms with Crippen LogP contribution in [0.3, 0.4) is 0 Å². The molecule has 1 heterocycles. The number of rotatable bonds is 7. The van der Waals surface area contributed by atoms with Crippen molar-refractivity contribution in [1.82, 2.24) is 10.6 Å². The lowest BCUT2D eigenvalue weighted by molar-refractivity contribution is -0.122. The van der Waals surface area contributed by atoms with E-state index in [1.54, 1.807) is 25.3 Å². The van der Waals surface area contributed by atoms with Crippen LogP contribution in [-0.4, -0.2) is 38.8 Å². The van der Waals surface area contributed by atoms with Crippen molar-refractivity contribution in [3.8, 4) is 11.5 Å². The first-order valence-corrected chi connectivity index (χ1v) is 7.75. The van der Waals surface area contributed by atoms with E-state index < -0.39 is 0 Å². The van der Waals surface area contributed by atoms with E-state index in [-0.39, 0.29) is 5.91 Å². The first kappa shape index (κ1) is 16.4. The van der Waals surface area contributed by atoms with Crippen LogP contribution in [-0.2, 0) is 4.79 Å². The number of ether oxygens (including phenoxy) is 2. The quantitative estimate of drug-likeness (QED) is 0.522. The van der Waals surface area contributed by atoms with Crippen LogP contribution in [0.5, 0.6) is 11.5 Å². The fourth-order valence-electron chi connectivity index (χ4n) is 2.49. The molecule has 122 valence electrons. The average Bonchev–Trinajstić information content (AvgIpc) is 2.53. The molecule has 22 heavy (non-hydrogen) atoms. The molecule has 1 amide bonds. The van der Waals surface area contributed by atoms with Crippen molar-refractivity contribution < 1.29 is 14.3 Å². The molecule has 0 radical (unpaired) electrons. The minimum atomic E-state index is 0.0926. The molecule has 6 heteroatoms. The monoisotopic (exact) mass is 307 g/mol. The van der Waals surface area contributed by atoms with Gasteiger partial charge in [0.15, 0.2) is 11.5 Å². The minimum Gasteiger partial charge on any atom is -0.493 e. The van der Waals surface area contributed by atoms with E-state index in [9.17, 15) is 4.79 Å². The Balaban J connectivity index is 1.68. The Morgan fingerprint density at radius 2 is 2.14 bits per heavy atom. The predicted molar refractivity (Wildman–Crippen MR) is 86.2 cm³/mol. The van der Waals surface area contributed by atoms with Gasteiger partial charge in [0, 0.05) is 24.2 Å². The molecule has 0 bridgehead atoms. The zero-order valence-electron chi connectivity index (χ0n) is 13.1. The first-order valence-electron chi connectivity index (χ1n) is 7.75. The number of hydrogen-bond donors (Lipinski definition) is 3. The van der Waals surface area contributed by atoms with Crippen LogP contribution in [0, 0.1) is 0 Å². The van der Waals surface area contributed by atoms with Crippen molar-refractivity contribution in [3.05, 3.63) is 18.2 Å². The van der Waals surface area contributed by atoms with Gasteiger partial charge < -0.3 is 25.8 Å². The Morgan fingerprint density at radius 3 is 2.86 bits per heavy atom. The van der Waals surface area contributed by atoms with Crippen molar-refractivity contribution >= 4 is 11.6 Å². The second-order valence-corrected chi connectivity index (χ2v) is 5.45. The lowest BCUT2D eigenvalue weighted by atomic mass is 10.1. The van der Waals surface area contributed by atoms with Gasteiger partial charge in [0.2, 0.25) is 5.91 Å². The van der Waals surface area contributed by atoms with E-state index in [1.807, 2.05) is 0 Å². The number of hydrogen-bond acceptors (Lipinski definition) is 5. The lowest BCUT2D eigenvalue weighted by Gasteiger charge is -2.23. The third-order valence-corrected chi connectivity index (χ3v) is 3.70. The number of anilines is 1. The summed E-state index contributed by atoms with van der Waals surface area (Å²) in [6, 6.07) is 5.57. The molecule has 1 aliphatic heterocycles. The molecule has 0 atom stereocenters. The maximum absolute atomic E-state index is 11.9. The zero-order chi connectivity index (χ0) is 15.8. The van der Waals surface area contributed by atoms with Crippen LogP contribution in [0.1, 0.15) is 25.7 Å². The largest absolute Gasteiger partial charge is 0.493 e. The van der Waals surface area contributed by atoms with Crippen LogP contribution < -0.4 is 25.8 Å². The Hall–Kier alpha value is -1.95. The second-order valence-electron chi connectivity index (χ2n) is 5.45. The molecule has 4 N–H and O–H groups in total. The van der Waals surface area contributed by atoms with E-state index in [1.165, 1.54) is 0 Å². The highest BCUT2D eigenvalue weighted by Crippen LogP contribution is 2.29. The molecule has 0 spiro atoms. The van der Waals surface area contributed by atoms with Gasteiger partial charge in [-0.1, -0.05) is 0 Å². The van der Waals surface area contributed by atoms with Crippen molar-refractivity contribution in [2.45, 2.75) is 31.7 Å². The maximum atomic E-state index is 11.9. The summed E-state index contributed by atoms with van der Waals surface area (Å²) < 4.78 is 10.9. The lowest BCUT2D eigenvalue weighted by Crippen LogP contribution is -2.42. The van der Waals surface area contributed by atoms with Crippen LogP contribution >= 0.6 is 0 Å². The summed E-state index contributed by atoms with van der Waals surface area (Å²) in [5, 5.41) is 6.35. The summed E-state index contributed by atoms with van der Waals surface area (Å²) >= 11 is 0. The zero-order valence-corrected chi connectivity index (χ0v) is 13.1. The fourth-order valence-corrected chi connectivity index (χ4v) is 2.49. The molecular weight excluding hydrogens is 282 g/mol. The van der Waals surface area contributed by atoms with Crippen LogP contribution in [0.4, 0.5) is 5.69 Å². The smallest absolute Gasteiger partial charge is 0.220 e. The number of piperidine rings is 1. The Labute approximate surface area is 131 Å². The fraction of sp³-hybridized carbons (Fsp3) is 0.562. The predicted octanol–water partition coefficient (Wildman–Crippen LogP) is 1.30. The number of benzene rings is 1.